The lowest BCUT2D eigenvalue weighted by Gasteiger charge is -2.23. The molecule has 2 aromatic rings. The Balaban J connectivity index is 2.23. The van der Waals surface area contributed by atoms with Crippen LogP contribution in [0.4, 0.5) is 17.1 Å². The molecule has 0 saturated carbocycles. The Hall–Kier alpha value is -2.46. The third-order valence-corrected chi connectivity index (χ3v) is 3.63. The first-order valence-electron chi connectivity index (χ1n) is 7.36. The van der Waals surface area contributed by atoms with E-state index in [0.717, 1.165) is 5.69 Å². The lowest BCUT2D eigenvalue weighted by molar-refractivity contribution is 0.281. The van der Waals surface area contributed by atoms with Crippen molar-refractivity contribution in [2.24, 2.45) is 10.2 Å². The van der Waals surface area contributed by atoms with Gasteiger partial charge in [-0.1, -0.05) is 23.7 Å². The minimum atomic E-state index is -0.0238. The minimum Gasteiger partial charge on any atom is -0.395 e. The second kappa shape index (κ2) is 8.99. The van der Waals surface area contributed by atoms with E-state index in [4.69, 9.17) is 27.1 Å². The molecule has 0 fully saturated rings. The quantitative estimate of drug-likeness (QED) is 0.753. The van der Waals surface area contributed by atoms with Crippen molar-refractivity contribution in [1.82, 2.24) is 0 Å². The highest BCUT2D eigenvalue weighted by atomic mass is 35.5. The van der Waals surface area contributed by atoms with Crippen molar-refractivity contribution in [2.75, 3.05) is 31.2 Å². The molecule has 2 rings (SSSR count). The average Bonchev–Trinajstić information content (AvgIpc) is 2.60. The summed E-state index contributed by atoms with van der Waals surface area (Å²) in [5.41, 5.74) is 2.16. The zero-order valence-electron chi connectivity index (χ0n) is 12.9. The van der Waals surface area contributed by atoms with Gasteiger partial charge in [0.15, 0.2) is 0 Å². The number of aliphatic hydroxyl groups excluding tert-OH is 2. The van der Waals surface area contributed by atoms with Crippen LogP contribution >= 0.6 is 11.6 Å². The van der Waals surface area contributed by atoms with Gasteiger partial charge in [-0.15, -0.1) is 10.2 Å². The minimum absolute atomic E-state index is 0.0238. The number of rotatable bonds is 7. The van der Waals surface area contributed by atoms with Gasteiger partial charge in [0.25, 0.3) is 0 Å². The van der Waals surface area contributed by atoms with E-state index in [-0.39, 0.29) is 13.2 Å². The molecule has 2 aromatic carbocycles. The molecule has 0 aliphatic rings. The summed E-state index contributed by atoms with van der Waals surface area (Å²) >= 11 is 6.24. The van der Waals surface area contributed by atoms with Gasteiger partial charge >= 0.3 is 0 Å². The summed E-state index contributed by atoms with van der Waals surface area (Å²) in [6.45, 7) is 0.745. The maximum Gasteiger partial charge on any atom is 0.104 e. The molecule has 0 radical (unpaired) electrons. The summed E-state index contributed by atoms with van der Waals surface area (Å²) in [6.07, 6.45) is 0. The van der Waals surface area contributed by atoms with Crippen molar-refractivity contribution in [3.8, 4) is 6.07 Å². The largest absolute Gasteiger partial charge is 0.395 e. The molecule has 0 aromatic heterocycles. The van der Waals surface area contributed by atoms with Gasteiger partial charge < -0.3 is 15.1 Å². The molecule has 124 valence electrons. The third kappa shape index (κ3) is 4.52. The highest BCUT2D eigenvalue weighted by Gasteiger charge is 2.08. The van der Waals surface area contributed by atoms with Gasteiger partial charge in [-0.05, 0) is 30.3 Å². The monoisotopic (exact) mass is 344 g/mol. The van der Waals surface area contributed by atoms with E-state index in [1.165, 1.54) is 0 Å². The van der Waals surface area contributed by atoms with Crippen LogP contribution in [0.25, 0.3) is 0 Å². The average molecular weight is 345 g/mol. The van der Waals surface area contributed by atoms with E-state index in [9.17, 15) is 0 Å². The first kappa shape index (κ1) is 17.9. The predicted octanol–water partition coefficient (Wildman–Crippen LogP) is 3.42. The van der Waals surface area contributed by atoms with Gasteiger partial charge in [-0.3, -0.25) is 0 Å². The molecular weight excluding hydrogens is 328 g/mol. The second-order valence-electron chi connectivity index (χ2n) is 4.90. The van der Waals surface area contributed by atoms with Crippen molar-refractivity contribution in [2.45, 2.75) is 0 Å². The van der Waals surface area contributed by atoms with Crippen LogP contribution in [0.1, 0.15) is 5.56 Å². The van der Waals surface area contributed by atoms with Crippen LogP contribution in [0, 0.1) is 11.3 Å². The highest BCUT2D eigenvalue weighted by Crippen LogP contribution is 2.31. The number of hydrogen-bond acceptors (Lipinski definition) is 6. The van der Waals surface area contributed by atoms with Crippen molar-refractivity contribution >= 4 is 28.7 Å². The van der Waals surface area contributed by atoms with Crippen LogP contribution in [0.15, 0.2) is 52.7 Å². The van der Waals surface area contributed by atoms with Crippen LogP contribution in [-0.4, -0.2) is 36.5 Å². The van der Waals surface area contributed by atoms with E-state index in [1.807, 2.05) is 4.90 Å². The fourth-order valence-electron chi connectivity index (χ4n) is 2.15. The highest BCUT2D eigenvalue weighted by molar-refractivity contribution is 6.33. The summed E-state index contributed by atoms with van der Waals surface area (Å²) in [4.78, 5) is 1.82. The summed E-state index contributed by atoms with van der Waals surface area (Å²) in [6, 6.07) is 14.2. The Bertz CT molecular complexity index is 752. The van der Waals surface area contributed by atoms with Gasteiger partial charge in [0.05, 0.1) is 23.8 Å². The molecule has 0 atom stereocenters. The lowest BCUT2D eigenvalue weighted by Crippen LogP contribution is -2.29. The predicted molar refractivity (Wildman–Crippen MR) is 93.2 cm³/mol. The van der Waals surface area contributed by atoms with Crippen molar-refractivity contribution < 1.29 is 10.2 Å². The maximum absolute atomic E-state index is 9.09. The molecule has 0 bridgehead atoms. The molecule has 0 heterocycles. The number of hydrogen-bond donors (Lipinski definition) is 2. The van der Waals surface area contributed by atoms with Crippen LogP contribution in [0.3, 0.4) is 0 Å². The van der Waals surface area contributed by atoms with Crippen molar-refractivity contribution in [3.05, 3.63) is 53.1 Å². The van der Waals surface area contributed by atoms with Gasteiger partial charge in [0, 0.05) is 18.8 Å². The molecular formula is C17H17ClN4O2. The fourth-order valence-corrected chi connectivity index (χ4v) is 2.36. The Morgan fingerprint density at radius 2 is 1.67 bits per heavy atom. The van der Waals surface area contributed by atoms with E-state index in [2.05, 4.69) is 16.3 Å². The fraction of sp³-hybridized carbons (Fsp3) is 0.235. The zero-order valence-corrected chi connectivity index (χ0v) is 13.7. The molecule has 6 nitrogen and oxygen atoms in total. The van der Waals surface area contributed by atoms with Gasteiger partial charge in [0.1, 0.15) is 17.4 Å². The standard InChI is InChI=1S/C17H17ClN4O2/c18-15-11-14(22(7-9-23)8-10-24)5-6-17(15)21-20-16-4-2-1-3-13(16)12-19/h1-6,11,23-24H,7-10H2. The molecule has 0 saturated heterocycles. The number of azo groups is 1. The molecule has 0 aliphatic carbocycles. The number of nitrogens with zero attached hydrogens (tertiary/aromatic N) is 4. The SMILES string of the molecule is N#Cc1ccccc1N=Nc1ccc(N(CCO)CCO)cc1Cl. The van der Waals surface area contributed by atoms with Crippen LogP contribution in [0.5, 0.6) is 0 Å². The first-order chi connectivity index (χ1) is 11.7. The molecule has 0 amide bonds. The number of aliphatic hydroxyl groups is 2. The lowest BCUT2D eigenvalue weighted by atomic mass is 10.2. The van der Waals surface area contributed by atoms with E-state index in [1.54, 1.807) is 42.5 Å². The molecule has 0 spiro atoms. The number of anilines is 1. The Morgan fingerprint density at radius 3 is 2.29 bits per heavy atom. The Labute approximate surface area is 145 Å². The maximum atomic E-state index is 9.09. The van der Waals surface area contributed by atoms with Gasteiger partial charge in [-0.25, -0.2) is 0 Å². The topological polar surface area (TPSA) is 92.2 Å². The molecule has 2 N–H and O–H groups in total. The van der Waals surface area contributed by atoms with E-state index in [0.29, 0.717) is 35.1 Å². The third-order valence-electron chi connectivity index (χ3n) is 3.33. The normalized spacial score (nSPS) is 10.8. The van der Waals surface area contributed by atoms with Gasteiger partial charge in [-0.2, -0.15) is 5.26 Å². The number of halogens is 1. The number of benzene rings is 2. The molecule has 7 heteroatoms. The summed E-state index contributed by atoms with van der Waals surface area (Å²) < 4.78 is 0. The summed E-state index contributed by atoms with van der Waals surface area (Å²) in [7, 11) is 0. The first-order valence-corrected chi connectivity index (χ1v) is 7.74. The summed E-state index contributed by atoms with van der Waals surface area (Å²) in [5.74, 6) is 0. The zero-order chi connectivity index (χ0) is 17.4. The summed E-state index contributed by atoms with van der Waals surface area (Å²) in [5, 5.41) is 35.8. The van der Waals surface area contributed by atoms with Crippen LogP contribution in [-0.2, 0) is 0 Å². The van der Waals surface area contributed by atoms with E-state index < -0.39 is 0 Å². The smallest absolute Gasteiger partial charge is 0.104 e. The van der Waals surface area contributed by atoms with Crippen LogP contribution < -0.4 is 4.90 Å². The second-order valence-corrected chi connectivity index (χ2v) is 5.31. The van der Waals surface area contributed by atoms with Crippen molar-refractivity contribution in [1.29, 1.82) is 5.26 Å². The molecule has 24 heavy (non-hydrogen) atoms. The molecule has 0 unspecified atom stereocenters. The number of nitriles is 1. The Morgan fingerprint density at radius 1 is 1.00 bits per heavy atom. The van der Waals surface area contributed by atoms with E-state index >= 15 is 0 Å². The van der Waals surface area contributed by atoms with Gasteiger partial charge in [0.2, 0.25) is 0 Å². The van der Waals surface area contributed by atoms with Crippen LogP contribution in [0.2, 0.25) is 5.02 Å². The Kier molecular flexibility index (Phi) is 6.70. The molecule has 0 aliphatic heterocycles. The van der Waals surface area contributed by atoms with Crippen molar-refractivity contribution in [3.63, 3.8) is 0 Å².